The van der Waals surface area contributed by atoms with E-state index < -0.39 is 6.17 Å². The Balaban J connectivity index is 2.29. The molecule has 2 atom stereocenters. The van der Waals surface area contributed by atoms with Crippen molar-refractivity contribution in [3.05, 3.63) is 23.8 Å². The van der Waals surface area contributed by atoms with Gasteiger partial charge in [-0.3, -0.25) is 4.79 Å². The molecule has 0 amide bonds. The minimum absolute atomic E-state index is 0.137. The molecule has 2 aliphatic rings. The first-order chi connectivity index (χ1) is 5.79. The highest BCUT2D eigenvalue weighted by molar-refractivity contribution is 5.97. The number of halogens is 1. The molecule has 0 N–H and O–H groups in total. The molecule has 0 aliphatic heterocycles. The van der Waals surface area contributed by atoms with Gasteiger partial charge in [0.25, 0.3) is 0 Å². The number of carbonyl (C=O) groups excluding carboxylic acids is 1. The van der Waals surface area contributed by atoms with Crippen LogP contribution in [0, 0.1) is 5.92 Å². The van der Waals surface area contributed by atoms with Gasteiger partial charge in [0.1, 0.15) is 6.17 Å². The molecule has 0 spiro atoms. The number of fused-ring (bicyclic) bond motifs is 1. The van der Waals surface area contributed by atoms with Crippen molar-refractivity contribution < 1.29 is 9.18 Å². The van der Waals surface area contributed by atoms with E-state index in [4.69, 9.17) is 0 Å². The van der Waals surface area contributed by atoms with Gasteiger partial charge in [-0.25, -0.2) is 4.39 Å². The van der Waals surface area contributed by atoms with E-state index in [1.54, 1.807) is 12.2 Å². The zero-order chi connectivity index (χ0) is 8.55. The lowest BCUT2D eigenvalue weighted by Gasteiger charge is -2.27. The lowest BCUT2D eigenvalue weighted by Crippen LogP contribution is -2.27. The fourth-order valence-electron chi connectivity index (χ4n) is 1.94. The van der Waals surface area contributed by atoms with Crippen LogP contribution in [0.4, 0.5) is 4.39 Å². The van der Waals surface area contributed by atoms with E-state index in [0.717, 1.165) is 12.8 Å². The molecule has 0 heterocycles. The van der Waals surface area contributed by atoms with E-state index in [1.807, 2.05) is 0 Å². The van der Waals surface area contributed by atoms with Gasteiger partial charge in [0.2, 0.25) is 0 Å². The molecule has 0 aromatic carbocycles. The second-order valence-electron chi connectivity index (χ2n) is 3.37. The Kier molecular flexibility index (Phi) is 1.83. The minimum atomic E-state index is -0.936. The smallest absolute Gasteiger partial charge is 0.159 e. The van der Waals surface area contributed by atoms with Gasteiger partial charge in [0.15, 0.2) is 5.78 Å². The number of carbonyl (C=O) groups is 1. The molecule has 1 fully saturated rings. The van der Waals surface area contributed by atoms with Gasteiger partial charge >= 0.3 is 0 Å². The fraction of sp³-hybridized carbons (Fsp3) is 0.500. The van der Waals surface area contributed by atoms with E-state index in [1.165, 1.54) is 6.08 Å². The van der Waals surface area contributed by atoms with Crippen molar-refractivity contribution in [1.29, 1.82) is 0 Å². The maximum absolute atomic E-state index is 13.2. The Bertz CT molecular complexity index is 265. The topological polar surface area (TPSA) is 17.1 Å². The largest absolute Gasteiger partial charge is 0.295 e. The molecule has 12 heavy (non-hydrogen) atoms. The summed E-state index contributed by atoms with van der Waals surface area (Å²) in [5, 5.41) is 0. The minimum Gasteiger partial charge on any atom is -0.295 e. The first-order valence-electron chi connectivity index (χ1n) is 4.34. The summed E-state index contributed by atoms with van der Waals surface area (Å²) in [6, 6.07) is 0. The molecule has 2 aliphatic carbocycles. The normalized spacial score (nSPS) is 34.4. The Labute approximate surface area is 71.0 Å². The zero-order valence-electron chi connectivity index (χ0n) is 6.79. The summed E-state index contributed by atoms with van der Waals surface area (Å²) >= 11 is 0. The van der Waals surface area contributed by atoms with Crippen molar-refractivity contribution in [3.8, 4) is 0 Å². The molecule has 1 saturated carbocycles. The van der Waals surface area contributed by atoms with Crippen LogP contribution >= 0.6 is 0 Å². The lowest BCUT2D eigenvalue weighted by atomic mass is 9.78. The van der Waals surface area contributed by atoms with Gasteiger partial charge in [-0.05, 0) is 12.8 Å². The summed E-state index contributed by atoms with van der Waals surface area (Å²) in [5.41, 5.74) is 0.705. The first-order valence-corrected chi connectivity index (χ1v) is 4.34. The average molecular weight is 166 g/mol. The summed E-state index contributed by atoms with van der Waals surface area (Å²) in [4.78, 5) is 11.3. The van der Waals surface area contributed by atoms with Crippen LogP contribution in [-0.4, -0.2) is 12.0 Å². The van der Waals surface area contributed by atoms with Gasteiger partial charge in [0.05, 0.1) is 0 Å². The number of alkyl halides is 1. The second kappa shape index (κ2) is 2.85. The van der Waals surface area contributed by atoms with Crippen LogP contribution in [-0.2, 0) is 4.79 Å². The van der Waals surface area contributed by atoms with Crippen molar-refractivity contribution in [2.45, 2.75) is 25.4 Å². The van der Waals surface area contributed by atoms with Gasteiger partial charge in [-0.1, -0.05) is 18.2 Å². The Hall–Kier alpha value is -0.920. The van der Waals surface area contributed by atoms with Crippen LogP contribution in [0.25, 0.3) is 0 Å². The van der Waals surface area contributed by atoms with Gasteiger partial charge in [-0.15, -0.1) is 0 Å². The molecule has 0 aromatic rings. The summed E-state index contributed by atoms with van der Waals surface area (Å²) in [6.45, 7) is 0. The summed E-state index contributed by atoms with van der Waals surface area (Å²) < 4.78 is 13.2. The molecule has 0 saturated heterocycles. The third-order valence-corrected chi connectivity index (χ3v) is 2.60. The summed E-state index contributed by atoms with van der Waals surface area (Å²) in [5.74, 6) is -0.00509. The molecule has 1 nitrogen and oxygen atoms in total. The highest BCUT2D eigenvalue weighted by Crippen LogP contribution is 2.33. The highest BCUT2D eigenvalue weighted by Gasteiger charge is 2.31. The van der Waals surface area contributed by atoms with Crippen LogP contribution in [0.5, 0.6) is 0 Å². The molecular formula is C10H11FO. The standard InChI is InChI=1S/C10H11FO/c11-9-5-1-4-8-7(9)3-2-6-10(8)12/h1,4-5,7,9H,2-3,6H2. The van der Waals surface area contributed by atoms with Crippen molar-refractivity contribution in [3.63, 3.8) is 0 Å². The Morgan fingerprint density at radius 1 is 1.50 bits per heavy atom. The van der Waals surface area contributed by atoms with E-state index in [-0.39, 0.29) is 11.7 Å². The maximum Gasteiger partial charge on any atom is 0.159 e. The van der Waals surface area contributed by atoms with Crippen LogP contribution < -0.4 is 0 Å². The van der Waals surface area contributed by atoms with E-state index >= 15 is 0 Å². The zero-order valence-corrected chi connectivity index (χ0v) is 6.79. The van der Waals surface area contributed by atoms with Gasteiger partial charge in [-0.2, -0.15) is 0 Å². The highest BCUT2D eigenvalue weighted by atomic mass is 19.1. The predicted molar refractivity (Wildman–Crippen MR) is 44.5 cm³/mol. The maximum atomic E-state index is 13.2. The average Bonchev–Trinajstić information content (AvgIpc) is 2.07. The molecule has 64 valence electrons. The molecule has 2 unspecified atom stereocenters. The third-order valence-electron chi connectivity index (χ3n) is 2.60. The van der Waals surface area contributed by atoms with E-state index in [9.17, 15) is 9.18 Å². The van der Waals surface area contributed by atoms with E-state index in [2.05, 4.69) is 0 Å². The fourth-order valence-corrected chi connectivity index (χ4v) is 1.94. The van der Waals surface area contributed by atoms with E-state index in [0.29, 0.717) is 12.0 Å². The quantitative estimate of drug-likeness (QED) is 0.539. The summed E-state index contributed by atoms with van der Waals surface area (Å²) in [6.07, 6.45) is 6.28. The second-order valence-corrected chi connectivity index (χ2v) is 3.37. The van der Waals surface area contributed by atoms with Crippen molar-refractivity contribution in [2.24, 2.45) is 5.92 Å². The van der Waals surface area contributed by atoms with Crippen LogP contribution in [0.2, 0.25) is 0 Å². The molecule has 0 aromatic heterocycles. The number of ketones is 1. The van der Waals surface area contributed by atoms with Gasteiger partial charge in [0, 0.05) is 17.9 Å². The van der Waals surface area contributed by atoms with Crippen LogP contribution in [0.15, 0.2) is 23.8 Å². The van der Waals surface area contributed by atoms with Crippen LogP contribution in [0.1, 0.15) is 19.3 Å². The number of rotatable bonds is 0. The molecule has 2 heteroatoms. The molecule has 0 radical (unpaired) electrons. The van der Waals surface area contributed by atoms with Crippen molar-refractivity contribution >= 4 is 5.78 Å². The molecule has 0 bridgehead atoms. The first kappa shape index (κ1) is 7.71. The number of allylic oxidation sites excluding steroid dienone is 4. The number of hydrogen-bond donors (Lipinski definition) is 0. The molecule has 2 rings (SSSR count). The lowest BCUT2D eigenvalue weighted by molar-refractivity contribution is -0.117. The Morgan fingerprint density at radius 3 is 3.08 bits per heavy atom. The van der Waals surface area contributed by atoms with Crippen molar-refractivity contribution in [2.75, 3.05) is 0 Å². The summed E-state index contributed by atoms with van der Waals surface area (Å²) in [7, 11) is 0. The Morgan fingerprint density at radius 2 is 2.33 bits per heavy atom. The van der Waals surface area contributed by atoms with Crippen molar-refractivity contribution in [1.82, 2.24) is 0 Å². The molecular weight excluding hydrogens is 155 g/mol. The monoisotopic (exact) mass is 166 g/mol. The van der Waals surface area contributed by atoms with Gasteiger partial charge < -0.3 is 0 Å². The number of Topliss-reactive ketones (excluding diaryl/α,β-unsaturated/α-hetero) is 1. The predicted octanol–water partition coefficient (Wildman–Crippen LogP) is 2.19. The third kappa shape index (κ3) is 1.11. The van der Waals surface area contributed by atoms with Crippen LogP contribution in [0.3, 0.4) is 0 Å². The number of hydrogen-bond acceptors (Lipinski definition) is 1. The SMILES string of the molecule is O=C1CCCC2C1=CC=CC2F.